The molecule has 0 aliphatic carbocycles. The van der Waals surface area contributed by atoms with Gasteiger partial charge in [-0.1, -0.05) is 0 Å². The smallest absolute Gasteiger partial charge is 0.111 e. The minimum atomic E-state index is 0.157. The molecule has 10 heavy (non-hydrogen) atoms. The zero-order valence-electron chi connectivity index (χ0n) is 7.13. The van der Waals surface area contributed by atoms with Crippen LogP contribution in [-0.2, 0) is 4.74 Å². The maximum Gasteiger partial charge on any atom is 0.111 e. The number of likely N-dealkylation sites (N-methyl/N-ethyl adjacent to an activating group) is 1. The molecule has 0 aromatic carbocycles. The van der Waals surface area contributed by atoms with Gasteiger partial charge in [0.15, 0.2) is 0 Å². The highest BCUT2D eigenvalue weighted by Gasteiger charge is 2.26. The largest absolute Gasteiger partial charge is 0.370 e. The summed E-state index contributed by atoms with van der Waals surface area (Å²) in [5.41, 5.74) is 0. The van der Waals surface area contributed by atoms with E-state index in [4.69, 9.17) is 4.74 Å². The Balaban J connectivity index is 2.48. The van der Waals surface area contributed by atoms with E-state index in [1.807, 2.05) is 0 Å². The van der Waals surface area contributed by atoms with Crippen LogP contribution in [0.1, 0.15) is 0 Å². The van der Waals surface area contributed by atoms with Crippen molar-refractivity contribution < 1.29 is 8.63 Å². The highest BCUT2D eigenvalue weighted by Crippen LogP contribution is 2.30. The van der Waals surface area contributed by atoms with Crippen molar-refractivity contribution in [3.8, 4) is 0 Å². The number of quaternary nitrogens is 1. The van der Waals surface area contributed by atoms with E-state index in [2.05, 4.69) is 19.6 Å². The Hall–Kier alpha value is 0.270. The first-order valence-electron chi connectivity index (χ1n) is 3.75. The average molecular weight is 164 g/mol. The molecule has 0 unspecified atom stereocenters. The predicted octanol–water partition coefficient (Wildman–Crippen LogP) is 0.639. The highest BCUT2D eigenvalue weighted by molar-refractivity contribution is 8.10. The molecular weight excluding hydrogens is 146 g/mol. The Kier molecular flexibility index (Phi) is 2.61. The summed E-state index contributed by atoms with van der Waals surface area (Å²) in [6, 6.07) is 0. The molecule has 1 aliphatic heterocycles. The van der Waals surface area contributed by atoms with Crippen LogP contribution in [0.5, 0.6) is 0 Å². The van der Waals surface area contributed by atoms with Crippen LogP contribution in [0, 0.1) is 0 Å². The molecular formula is C7H18NOS+. The first kappa shape index (κ1) is 8.37. The van der Waals surface area contributed by atoms with E-state index >= 15 is 0 Å². The third kappa shape index (κ3) is 1.65. The van der Waals surface area contributed by atoms with Crippen molar-refractivity contribution in [3.63, 3.8) is 0 Å². The minimum absolute atomic E-state index is 0.157. The molecule has 0 aromatic rings. The second kappa shape index (κ2) is 3.11. The molecule has 3 heteroatoms. The lowest BCUT2D eigenvalue weighted by molar-refractivity contribution is -0.787. The Bertz CT molecular complexity index is 110. The van der Waals surface area contributed by atoms with Crippen LogP contribution < -0.4 is 0 Å². The summed E-state index contributed by atoms with van der Waals surface area (Å²) in [4.78, 5) is 0. The molecule has 1 heterocycles. The van der Waals surface area contributed by atoms with Gasteiger partial charge in [0.2, 0.25) is 0 Å². The number of thiol groups is 1. The summed E-state index contributed by atoms with van der Waals surface area (Å²) in [6.07, 6.45) is 4.70. The van der Waals surface area contributed by atoms with Gasteiger partial charge in [-0.2, -0.15) is 0 Å². The summed E-state index contributed by atoms with van der Waals surface area (Å²) in [5.74, 6) is 0. The van der Waals surface area contributed by atoms with Gasteiger partial charge in [-0.3, -0.25) is 3.89 Å². The van der Waals surface area contributed by atoms with Gasteiger partial charge < -0.3 is 4.74 Å². The zero-order valence-corrected chi connectivity index (χ0v) is 8.03. The van der Waals surface area contributed by atoms with Crippen LogP contribution in [0.3, 0.4) is 0 Å². The normalized spacial score (nSPS) is 26.1. The maximum atomic E-state index is 5.31. The standard InChI is InChI=1S/C7H18NOS/c1-8(10(2)3)4-6-9-7-5-8/h10H,4-7H2,1-3H3/q+1. The highest BCUT2D eigenvalue weighted by atomic mass is 32.2. The molecule has 1 rings (SSSR count). The fourth-order valence-corrected chi connectivity index (χ4v) is 2.10. The number of morpholine rings is 1. The van der Waals surface area contributed by atoms with E-state index in [1.54, 1.807) is 0 Å². The second-order valence-corrected chi connectivity index (χ2v) is 5.91. The molecule has 1 fully saturated rings. The molecule has 0 atom stereocenters. The van der Waals surface area contributed by atoms with Crippen LogP contribution >= 0.6 is 11.1 Å². The lowest BCUT2D eigenvalue weighted by Gasteiger charge is -2.42. The van der Waals surface area contributed by atoms with Crippen LogP contribution in [-0.4, -0.2) is 49.8 Å². The summed E-state index contributed by atoms with van der Waals surface area (Å²) >= 11 is 0.157. The summed E-state index contributed by atoms with van der Waals surface area (Å²) < 4.78 is 6.56. The molecule has 0 aromatic heterocycles. The fraction of sp³-hybridized carbons (Fsp3) is 1.00. The average Bonchev–Trinajstić information content (AvgIpc) is 1.89. The molecule has 1 aliphatic rings. The fourth-order valence-electron chi connectivity index (χ4n) is 1.14. The van der Waals surface area contributed by atoms with Crippen LogP contribution in [0.15, 0.2) is 0 Å². The van der Waals surface area contributed by atoms with Crippen molar-refractivity contribution in [2.24, 2.45) is 0 Å². The minimum Gasteiger partial charge on any atom is -0.370 e. The maximum absolute atomic E-state index is 5.31. The Labute approximate surface area is 66.2 Å². The molecule has 0 amide bonds. The first-order chi connectivity index (χ1) is 4.65. The topological polar surface area (TPSA) is 9.23 Å². The van der Waals surface area contributed by atoms with Gasteiger partial charge in [0.05, 0.1) is 20.3 Å². The Morgan fingerprint density at radius 3 is 2.00 bits per heavy atom. The first-order valence-corrected chi connectivity index (χ1v) is 5.94. The number of ether oxygens (including phenoxy) is 1. The summed E-state index contributed by atoms with van der Waals surface area (Å²) in [7, 11) is 2.34. The third-order valence-corrected chi connectivity index (χ3v) is 4.73. The van der Waals surface area contributed by atoms with Gasteiger partial charge in [0.1, 0.15) is 13.1 Å². The Morgan fingerprint density at radius 1 is 1.20 bits per heavy atom. The summed E-state index contributed by atoms with van der Waals surface area (Å²) in [6.45, 7) is 4.32. The molecule has 0 saturated carbocycles. The summed E-state index contributed by atoms with van der Waals surface area (Å²) in [5, 5.41) is 0. The van der Waals surface area contributed by atoms with Crippen LogP contribution in [0.4, 0.5) is 0 Å². The molecule has 0 spiro atoms. The van der Waals surface area contributed by atoms with Crippen molar-refractivity contribution in [1.29, 1.82) is 0 Å². The van der Waals surface area contributed by atoms with Crippen molar-refractivity contribution >= 4 is 11.1 Å². The monoisotopic (exact) mass is 164 g/mol. The van der Waals surface area contributed by atoms with E-state index in [0.717, 1.165) is 13.2 Å². The van der Waals surface area contributed by atoms with E-state index < -0.39 is 0 Å². The Morgan fingerprint density at radius 2 is 1.70 bits per heavy atom. The molecule has 0 N–H and O–H groups in total. The van der Waals surface area contributed by atoms with Gasteiger partial charge in [-0.25, -0.2) is 0 Å². The lowest BCUT2D eigenvalue weighted by Crippen LogP contribution is -2.48. The van der Waals surface area contributed by atoms with E-state index in [1.165, 1.54) is 17.0 Å². The molecule has 0 bridgehead atoms. The molecule has 0 radical (unpaired) electrons. The molecule has 1 saturated heterocycles. The van der Waals surface area contributed by atoms with Crippen molar-refractivity contribution in [2.75, 3.05) is 45.9 Å². The van der Waals surface area contributed by atoms with Gasteiger partial charge >= 0.3 is 0 Å². The number of hydrogen-bond acceptors (Lipinski definition) is 1. The van der Waals surface area contributed by atoms with Crippen molar-refractivity contribution in [2.45, 2.75) is 0 Å². The van der Waals surface area contributed by atoms with E-state index in [0.29, 0.717) is 0 Å². The van der Waals surface area contributed by atoms with Crippen LogP contribution in [0.25, 0.3) is 0 Å². The number of rotatable bonds is 1. The van der Waals surface area contributed by atoms with E-state index in [-0.39, 0.29) is 11.1 Å². The zero-order chi connectivity index (χ0) is 7.61. The van der Waals surface area contributed by atoms with Gasteiger partial charge in [-0.15, -0.1) is 11.1 Å². The van der Waals surface area contributed by atoms with Gasteiger partial charge in [0.25, 0.3) is 0 Å². The quantitative estimate of drug-likeness (QED) is 0.442. The SMILES string of the molecule is C[SH](C)[N+]1(C)CCOCC1. The van der Waals surface area contributed by atoms with Gasteiger partial charge in [0, 0.05) is 12.5 Å². The van der Waals surface area contributed by atoms with Crippen molar-refractivity contribution in [3.05, 3.63) is 0 Å². The predicted molar refractivity (Wildman–Crippen MR) is 47.6 cm³/mol. The third-order valence-electron chi connectivity index (χ3n) is 2.40. The molecule has 2 nitrogen and oxygen atoms in total. The number of nitrogens with zero attached hydrogens (tertiary/aromatic N) is 1. The molecule has 62 valence electrons. The number of hydrogen-bond donors (Lipinski definition) is 1. The second-order valence-electron chi connectivity index (χ2n) is 3.25. The lowest BCUT2D eigenvalue weighted by atomic mass is 10.5. The van der Waals surface area contributed by atoms with E-state index in [9.17, 15) is 0 Å². The van der Waals surface area contributed by atoms with Crippen molar-refractivity contribution in [1.82, 2.24) is 0 Å². The van der Waals surface area contributed by atoms with Crippen LogP contribution in [0.2, 0.25) is 0 Å². The van der Waals surface area contributed by atoms with Gasteiger partial charge in [-0.05, 0) is 0 Å².